The average Bonchev–Trinajstić information content (AvgIpc) is 2.36. The summed E-state index contributed by atoms with van der Waals surface area (Å²) in [5.74, 6) is 0.257. The van der Waals surface area contributed by atoms with Gasteiger partial charge in [-0.15, -0.1) is 0 Å². The molecule has 0 aliphatic carbocycles. The molecule has 4 nitrogen and oxygen atoms in total. The first-order valence-electron chi connectivity index (χ1n) is 6.59. The third-order valence-electron chi connectivity index (χ3n) is 3.66. The number of halogens is 1. The van der Waals surface area contributed by atoms with Crippen LogP contribution in [-0.2, 0) is 11.3 Å². The van der Waals surface area contributed by atoms with Gasteiger partial charge in [0, 0.05) is 13.0 Å². The van der Waals surface area contributed by atoms with Crippen molar-refractivity contribution in [2.75, 3.05) is 18.8 Å². The van der Waals surface area contributed by atoms with Gasteiger partial charge in [0.2, 0.25) is 5.91 Å². The van der Waals surface area contributed by atoms with Crippen LogP contribution in [0.1, 0.15) is 24.8 Å². The minimum Gasteiger partial charge on any atom is -0.398 e. The lowest BCUT2D eigenvalue weighted by atomic mass is 9.93. The van der Waals surface area contributed by atoms with Crippen LogP contribution in [0.25, 0.3) is 0 Å². The molecule has 0 radical (unpaired) electrons. The van der Waals surface area contributed by atoms with Crippen molar-refractivity contribution in [2.45, 2.75) is 25.8 Å². The molecule has 0 unspecified atom stereocenters. The standard InChI is InChI=1S/C14H20ClN3O/c15-12-2-1-11(7-13(12)16)9-18-5-3-10(4-6-18)8-14(17)19/h1-2,7,10H,3-6,8-9,16H2,(H2,17,19). The highest BCUT2D eigenvalue weighted by Gasteiger charge is 2.20. The number of carbonyl (C=O) groups excluding carboxylic acids is 1. The van der Waals surface area contributed by atoms with Gasteiger partial charge in [-0.25, -0.2) is 0 Å². The molecule has 5 heteroatoms. The maximum absolute atomic E-state index is 10.9. The Hall–Kier alpha value is -1.26. The van der Waals surface area contributed by atoms with Crippen LogP contribution in [0.15, 0.2) is 18.2 Å². The zero-order valence-electron chi connectivity index (χ0n) is 10.9. The summed E-state index contributed by atoms with van der Waals surface area (Å²) in [7, 11) is 0. The van der Waals surface area contributed by atoms with Crippen LogP contribution in [0.5, 0.6) is 0 Å². The number of rotatable bonds is 4. The van der Waals surface area contributed by atoms with Gasteiger partial charge < -0.3 is 11.5 Å². The molecule has 0 bridgehead atoms. The molecule has 0 saturated carbocycles. The number of likely N-dealkylation sites (tertiary alicyclic amines) is 1. The fourth-order valence-corrected chi connectivity index (χ4v) is 2.70. The van der Waals surface area contributed by atoms with E-state index in [4.69, 9.17) is 23.1 Å². The van der Waals surface area contributed by atoms with Crippen LogP contribution in [0.4, 0.5) is 5.69 Å². The highest BCUT2D eigenvalue weighted by atomic mass is 35.5. The molecule has 0 aromatic heterocycles. The fraction of sp³-hybridized carbons (Fsp3) is 0.500. The number of hydrogen-bond acceptors (Lipinski definition) is 3. The second kappa shape index (κ2) is 6.26. The molecule has 104 valence electrons. The number of anilines is 1. The van der Waals surface area contributed by atoms with Crippen molar-refractivity contribution in [1.29, 1.82) is 0 Å². The minimum atomic E-state index is -0.191. The molecule has 1 aromatic rings. The molecule has 1 saturated heterocycles. The van der Waals surface area contributed by atoms with E-state index in [0.29, 0.717) is 23.0 Å². The van der Waals surface area contributed by atoms with E-state index in [1.54, 1.807) is 0 Å². The monoisotopic (exact) mass is 281 g/mol. The van der Waals surface area contributed by atoms with Crippen LogP contribution in [0, 0.1) is 5.92 Å². The number of nitrogens with two attached hydrogens (primary N) is 2. The lowest BCUT2D eigenvalue weighted by Crippen LogP contribution is -2.34. The molecule has 1 aromatic carbocycles. The topological polar surface area (TPSA) is 72.4 Å². The Balaban J connectivity index is 1.85. The maximum Gasteiger partial charge on any atom is 0.217 e. The van der Waals surface area contributed by atoms with E-state index >= 15 is 0 Å². The number of amides is 1. The van der Waals surface area contributed by atoms with Crippen molar-refractivity contribution in [1.82, 2.24) is 4.90 Å². The first kappa shape index (κ1) is 14.2. The molecule has 1 fully saturated rings. The lowest BCUT2D eigenvalue weighted by Gasteiger charge is -2.31. The highest BCUT2D eigenvalue weighted by molar-refractivity contribution is 6.33. The van der Waals surface area contributed by atoms with Crippen LogP contribution in [-0.4, -0.2) is 23.9 Å². The Labute approximate surface area is 118 Å². The van der Waals surface area contributed by atoms with Gasteiger partial charge in [0.15, 0.2) is 0 Å². The van der Waals surface area contributed by atoms with Crippen molar-refractivity contribution in [3.05, 3.63) is 28.8 Å². The summed E-state index contributed by atoms with van der Waals surface area (Å²) in [6.07, 6.45) is 2.58. The summed E-state index contributed by atoms with van der Waals surface area (Å²) < 4.78 is 0. The maximum atomic E-state index is 10.9. The largest absolute Gasteiger partial charge is 0.398 e. The number of benzene rings is 1. The first-order chi connectivity index (χ1) is 9.04. The van der Waals surface area contributed by atoms with Crippen molar-refractivity contribution in [2.24, 2.45) is 11.7 Å². The summed E-state index contributed by atoms with van der Waals surface area (Å²) in [4.78, 5) is 13.3. The molecule has 1 heterocycles. The summed E-state index contributed by atoms with van der Waals surface area (Å²) in [6.45, 7) is 2.88. The van der Waals surface area contributed by atoms with E-state index in [-0.39, 0.29) is 5.91 Å². The Morgan fingerprint density at radius 3 is 2.63 bits per heavy atom. The molecular formula is C14H20ClN3O. The number of piperidine rings is 1. The van der Waals surface area contributed by atoms with Crippen LogP contribution in [0.2, 0.25) is 5.02 Å². The molecule has 0 atom stereocenters. The average molecular weight is 282 g/mol. The van der Waals surface area contributed by atoms with Gasteiger partial charge in [-0.3, -0.25) is 9.69 Å². The minimum absolute atomic E-state index is 0.191. The predicted octanol–water partition coefficient (Wildman–Crippen LogP) is 2.01. The van der Waals surface area contributed by atoms with Gasteiger partial charge in [-0.2, -0.15) is 0 Å². The molecule has 1 aliphatic heterocycles. The van der Waals surface area contributed by atoms with E-state index in [1.165, 1.54) is 5.56 Å². The SMILES string of the molecule is NC(=O)CC1CCN(Cc2ccc(Cl)c(N)c2)CC1. The highest BCUT2D eigenvalue weighted by Crippen LogP contribution is 2.24. The van der Waals surface area contributed by atoms with E-state index in [2.05, 4.69) is 4.90 Å². The summed E-state index contributed by atoms with van der Waals surface area (Å²) in [5.41, 5.74) is 12.8. The third kappa shape index (κ3) is 4.11. The summed E-state index contributed by atoms with van der Waals surface area (Å²) >= 11 is 5.91. The van der Waals surface area contributed by atoms with E-state index in [9.17, 15) is 4.79 Å². The molecule has 4 N–H and O–H groups in total. The molecule has 1 aliphatic rings. The molecular weight excluding hydrogens is 262 g/mol. The number of hydrogen-bond donors (Lipinski definition) is 2. The molecule has 2 rings (SSSR count). The van der Waals surface area contributed by atoms with E-state index < -0.39 is 0 Å². The Kier molecular flexibility index (Phi) is 4.66. The van der Waals surface area contributed by atoms with Gasteiger partial charge >= 0.3 is 0 Å². The summed E-state index contributed by atoms with van der Waals surface area (Å²) in [6, 6.07) is 5.78. The van der Waals surface area contributed by atoms with Gasteiger partial charge in [0.1, 0.15) is 0 Å². The first-order valence-corrected chi connectivity index (χ1v) is 6.97. The van der Waals surface area contributed by atoms with Crippen LogP contribution in [0.3, 0.4) is 0 Å². The fourth-order valence-electron chi connectivity index (χ4n) is 2.58. The normalized spacial score (nSPS) is 17.5. The van der Waals surface area contributed by atoms with Gasteiger partial charge in [-0.05, 0) is 49.5 Å². The summed E-state index contributed by atoms with van der Waals surface area (Å²) in [5, 5.41) is 0.601. The smallest absolute Gasteiger partial charge is 0.217 e. The Morgan fingerprint density at radius 1 is 1.37 bits per heavy atom. The zero-order valence-corrected chi connectivity index (χ0v) is 11.7. The van der Waals surface area contributed by atoms with Crippen molar-refractivity contribution < 1.29 is 4.79 Å². The number of carbonyl (C=O) groups is 1. The van der Waals surface area contributed by atoms with Crippen LogP contribution < -0.4 is 11.5 Å². The lowest BCUT2D eigenvalue weighted by molar-refractivity contribution is -0.119. The second-order valence-corrected chi connectivity index (χ2v) is 5.65. The predicted molar refractivity (Wildman–Crippen MR) is 77.7 cm³/mol. The molecule has 0 spiro atoms. The van der Waals surface area contributed by atoms with Crippen molar-refractivity contribution in [3.8, 4) is 0 Å². The van der Waals surface area contributed by atoms with Crippen molar-refractivity contribution >= 4 is 23.2 Å². The Bertz CT molecular complexity index is 456. The zero-order chi connectivity index (χ0) is 13.8. The molecule has 1 amide bonds. The van der Waals surface area contributed by atoms with Gasteiger partial charge in [0.05, 0.1) is 10.7 Å². The second-order valence-electron chi connectivity index (χ2n) is 5.25. The number of nitrogens with zero attached hydrogens (tertiary/aromatic N) is 1. The van der Waals surface area contributed by atoms with Crippen molar-refractivity contribution in [3.63, 3.8) is 0 Å². The van der Waals surface area contributed by atoms with E-state index in [0.717, 1.165) is 32.5 Å². The number of primary amides is 1. The van der Waals surface area contributed by atoms with Gasteiger partial charge in [-0.1, -0.05) is 17.7 Å². The molecule has 19 heavy (non-hydrogen) atoms. The quantitative estimate of drug-likeness (QED) is 0.829. The van der Waals surface area contributed by atoms with Gasteiger partial charge in [0.25, 0.3) is 0 Å². The van der Waals surface area contributed by atoms with Crippen LogP contribution >= 0.6 is 11.6 Å². The number of nitrogen functional groups attached to an aromatic ring is 1. The Morgan fingerprint density at radius 2 is 2.05 bits per heavy atom. The van der Waals surface area contributed by atoms with E-state index in [1.807, 2.05) is 18.2 Å². The third-order valence-corrected chi connectivity index (χ3v) is 4.01.